The predicted molar refractivity (Wildman–Crippen MR) is 83.9 cm³/mol. The van der Waals surface area contributed by atoms with Crippen molar-refractivity contribution in [1.29, 1.82) is 0 Å². The van der Waals surface area contributed by atoms with Gasteiger partial charge in [0.1, 0.15) is 0 Å². The van der Waals surface area contributed by atoms with Gasteiger partial charge in [0.25, 0.3) is 0 Å². The summed E-state index contributed by atoms with van der Waals surface area (Å²) in [6.07, 6.45) is 2.53. The average molecular weight is 316 g/mol. The molecule has 2 aromatic rings. The summed E-state index contributed by atoms with van der Waals surface area (Å²) in [7, 11) is 0. The number of primary amides is 1. The van der Waals surface area contributed by atoms with Crippen LogP contribution in [0.4, 0.5) is 0 Å². The van der Waals surface area contributed by atoms with Crippen molar-refractivity contribution in [3.63, 3.8) is 0 Å². The number of hydrogen-bond acceptors (Lipinski definition) is 5. The zero-order valence-electron chi connectivity index (χ0n) is 9.84. The molecule has 0 aromatic carbocycles. The van der Waals surface area contributed by atoms with Crippen molar-refractivity contribution in [3.05, 3.63) is 24.3 Å². The van der Waals surface area contributed by atoms with E-state index < -0.39 is 0 Å². The largest absolute Gasteiger partial charge is 0.370 e. The summed E-state index contributed by atoms with van der Waals surface area (Å²) < 4.78 is 2.58. The van der Waals surface area contributed by atoms with Crippen molar-refractivity contribution >= 4 is 52.1 Å². The molecule has 0 fully saturated rings. The summed E-state index contributed by atoms with van der Waals surface area (Å²) in [4.78, 5) is 13.3. The lowest BCUT2D eigenvalue weighted by Crippen LogP contribution is -2.10. The lowest BCUT2D eigenvalue weighted by Gasteiger charge is -1.94. The van der Waals surface area contributed by atoms with Gasteiger partial charge < -0.3 is 5.73 Å². The van der Waals surface area contributed by atoms with Crippen LogP contribution in [0.3, 0.4) is 0 Å². The van der Waals surface area contributed by atoms with Crippen LogP contribution in [-0.2, 0) is 4.79 Å². The number of thiophene rings is 2. The van der Waals surface area contributed by atoms with E-state index in [4.69, 9.17) is 5.73 Å². The summed E-state index contributed by atoms with van der Waals surface area (Å²) in [6, 6.07) is 8.59. The number of hydrogen-bond donors (Lipinski definition) is 1. The Morgan fingerprint density at radius 1 is 1.17 bits per heavy atom. The molecule has 0 aliphatic carbocycles. The molecule has 0 aliphatic heterocycles. The SMILES string of the molecule is CSc1ccc(-c2ccc(SCCC(N)=O)s2)s1. The van der Waals surface area contributed by atoms with E-state index in [1.165, 1.54) is 18.2 Å². The summed E-state index contributed by atoms with van der Waals surface area (Å²) in [5.74, 6) is 0.526. The Morgan fingerprint density at radius 2 is 1.78 bits per heavy atom. The van der Waals surface area contributed by atoms with E-state index in [1.54, 1.807) is 34.9 Å². The van der Waals surface area contributed by atoms with Crippen molar-refractivity contribution in [1.82, 2.24) is 0 Å². The van der Waals surface area contributed by atoms with Gasteiger partial charge in [-0.3, -0.25) is 4.79 Å². The minimum absolute atomic E-state index is 0.234. The third kappa shape index (κ3) is 3.78. The van der Waals surface area contributed by atoms with Crippen LogP contribution in [0.15, 0.2) is 32.7 Å². The number of rotatable bonds is 6. The van der Waals surface area contributed by atoms with Gasteiger partial charge in [0, 0.05) is 21.9 Å². The molecule has 2 nitrogen and oxygen atoms in total. The predicted octanol–water partition coefficient (Wildman–Crippen LogP) is 4.17. The molecule has 0 unspecified atom stereocenters. The van der Waals surface area contributed by atoms with Crippen molar-refractivity contribution < 1.29 is 4.79 Å². The number of amides is 1. The first-order chi connectivity index (χ1) is 8.69. The Morgan fingerprint density at radius 3 is 2.33 bits per heavy atom. The molecule has 1 amide bonds. The van der Waals surface area contributed by atoms with Gasteiger partial charge in [-0.1, -0.05) is 0 Å². The normalized spacial score (nSPS) is 10.7. The van der Waals surface area contributed by atoms with Crippen LogP contribution in [0.2, 0.25) is 0 Å². The third-order valence-corrected chi connectivity index (χ3v) is 6.88. The minimum Gasteiger partial charge on any atom is -0.370 e. The maximum Gasteiger partial charge on any atom is 0.218 e. The quantitative estimate of drug-likeness (QED) is 0.814. The van der Waals surface area contributed by atoms with Gasteiger partial charge in [-0.2, -0.15) is 0 Å². The van der Waals surface area contributed by atoms with Gasteiger partial charge in [-0.05, 0) is 30.5 Å². The van der Waals surface area contributed by atoms with Crippen molar-refractivity contribution in [3.8, 4) is 9.75 Å². The molecule has 96 valence electrons. The zero-order chi connectivity index (χ0) is 13.0. The standard InChI is InChI=1S/C12H13NOS4/c1-15-11-4-2-8(17-11)9-3-5-12(18-9)16-7-6-10(13)14/h2-5H,6-7H2,1H3,(H2,13,14). The zero-order valence-corrected chi connectivity index (χ0v) is 13.1. The molecule has 2 rings (SSSR count). The Hall–Kier alpha value is -0.430. The minimum atomic E-state index is -0.234. The first-order valence-electron chi connectivity index (χ1n) is 5.34. The van der Waals surface area contributed by atoms with E-state index in [1.807, 2.05) is 11.3 Å². The number of nitrogens with two attached hydrogens (primary N) is 1. The molecule has 18 heavy (non-hydrogen) atoms. The van der Waals surface area contributed by atoms with E-state index in [9.17, 15) is 4.79 Å². The molecule has 0 radical (unpaired) electrons. The van der Waals surface area contributed by atoms with Crippen molar-refractivity contribution in [2.24, 2.45) is 5.73 Å². The summed E-state index contributed by atoms with van der Waals surface area (Å²) in [5.41, 5.74) is 5.12. The van der Waals surface area contributed by atoms with Crippen LogP contribution in [0.1, 0.15) is 6.42 Å². The molecule has 2 aromatic heterocycles. The molecular formula is C12H13NOS4. The molecular weight excluding hydrogens is 302 g/mol. The van der Waals surface area contributed by atoms with Gasteiger partial charge in [-0.15, -0.1) is 46.2 Å². The molecule has 0 atom stereocenters. The highest BCUT2D eigenvalue weighted by Gasteiger charge is 2.06. The highest BCUT2D eigenvalue weighted by molar-refractivity contribution is 8.01. The molecule has 0 saturated heterocycles. The molecule has 0 bridgehead atoms. The van der Waals surface area contributed by atoms with E-state index in [0.29, 0.717) is 6.42 Å². The Kier molecular flexibility index (Phi) is 5.17. The molecule has 6 heteroatoms. The second-order valence-electron chi connectivity index (χ2n) is 3.51. The fourth-order valence-electron chi connectivity index (χ4n) is 1.34. The van der Waals surface area contributed by atoms with Crippen molar-refractivity contribution in [2.45, 2.75) is 14.8 Å². The second kappa shape index (κ2) is 6.65. The lowest BCUT2D eigenvalue weighted by atomic mass is 10.4. The van der Waals surface area contributed by atoms with Crippen LogP contribution in [0, 0.1) is 0 Å². The molecule has 0 aliphatic rings. The van der Waals surface area contributed by atoms with Gasteiger partial charge in [0.05, 0.1) is 8.42 Å². The van der Waals surface area contributed by atoms with Gasteiger partial charge in [0.2, 0.25) is 5.91 Å². The number of thioether (sulfide) groups is 2. The maximum atomic E-state index is 10.7. The van der Waals surface area contributed by atoms with Gasteiger partial charge >= 0.3 is 0 Å². The van der Waals surface area contributed by atoms with Crippen molar-refractivity contribution in [2.75, 3.05) is 12.0 Å². The fourth-order valence-corrected chi connectivity index (χ4v) is 5.14. The first kappa shape index (κ1) is 14.0. The number of carbonyl (C=O) groups excluding carboxylic acids is 1. The molecule has 0 spiro atoms. The maximum absolute atomic E-state index is 10.7. The summed E-state index contributed by atoms with van der Waals surface area (Å²) in [5, 5.41) is 0. The lowest BCUT2D eigenvalue weighted by molar-refractivity contribution is -0.117. The topological polar surface area (TPSA) is 43.1 Å². The monoisotopic (exact) mass is 315 g/mol. The Balaban J connectivity index is 1.99. The van der Waals surface area contributed by atoms with Crippen LogP contribution >= 0.6 is 46.2 Å². The van der Waals surface area contributed by atoms with E-state index in [-0.39, 0.29) is 5.91 Å². The smallest absolute Gasteiger partial charge is 0.218 e. The van der Waals surface area contributed by atoms with Gasteiger partial charge in [0.15, 0.2) is 0 Å². The molecule has 0 saturated carbocycles. The Bertz CT molecular complexity index is 532. The van der Waals surface area contributed by atoms with Crippen LogP contribution < -0.4 is 5.73 Å². The summed E-state index contributed by atoms with van der Waals surface area (Å²) >= 11 is 7.06. The van der Waals surface area contributed by atoms with Crippen LogP contribution in [-0.4, -0.2) is 17.9 Å². The molecule has 2 N–H and O–H groups in total. The highest BCUT2D eigenvalue weighted by atomic mass is 32.2. The van der Waals surface area contributed by atoms with E-state index >= 15 is 0 Å². The van der Waals surface area contributed by atoms with Crippen LogP contribution in [0.5, 0.6) is 0 Å². The van der Waals surface area contributed by atoms with E-state index in [0.717, 1.165) is 5.75 Å². The van der Waals surface area contributed by atoms with E-state index in [2.05, 4.69) is 30.5 Å². The molecule has 2 heterocycles. The second-order valence-corrected chi connectivity index (χ2v) is 8.18. The average Bonchev–Trinajstić information content (AvgIpc) is 2.95. The Labute approximate surface area is 123 Å². The third-order valence-electron chi connectivity index (χ3n) is 2.20. The summed E-state index contributed by atoms with van der Waals surface area (Å²) in [6.45, 7) is 0. The highest BCUT2D eigenvalue weighted by Crippen LogP contribution is 2.39. The van der Waals surface area contributed by atoms with Crippen LogP contribution in [0.25, 0.3) is 9.75 Å². The van der Waals surface area contributed by atoms with Gasteiger partial charge in [-0.25, -0.2) is 0 Å². The number of carbonyl (C=O) groups is 1. The fraction of sp³-hybridized carbons (Fsp3) is 0.250. The first-order valence-corrected chi connectivity index (χ1v) is 9.18.